The highest BCUT2D eigenvalue weighted by molar-refractivity contribution is 7.78. The van der Waals surface area contributed by atoms with E-state index >= 15 is 0 Å². The van der Waals surface area contributed by atoms with Gasteiger partial charge < -0.3 is 0 Å². The van der Waals surface area contributed by atoms with Gasteiger partial charge in [0.2, 0.25) is 5.69 Å². The highest BCUT2D eigenvalue weighted by Gasteiger charge is 2.04. The lowest BCUT2D eigenvalue weighted by Crippen LogP contribution is -1.84. The Labute approximate surface area is 82.0 Å². The van der Waals surface area contributed by atoms with Crippen molar-refractivity contribution in [1.29, 1.82) is 0 Å². The first-order valence-corrected chi connectivity index (χ1v) is 4.03. The summed E-state index contributed by atoms with van der Waals surface area (Å²) in [5.74, 6) is 0.511. The van der Waals surface area contributed by atoms with E-state index in [-0.39, 0.29) is 0 Å². The number of aromatic nitrogens is 1. The third-order valence-electron chi connectivity index (χ3n) is 1.62. The Balaban J connectivity index is 3.38. The third kappa shape index (κ3) is 1.97. The Hall–Kier alpha value is -1.56. The first kappa shape index (κ1) is 9.53. The quantitative estimate of drug-likeness (QED) is 0.386. The molecular formula is C9H7N3S. The number of hydrogen-bond donors (Lipinski definition) is 0. The summed E-state index contributed by atoms with van der Waals surface area (Å²) < 4.78 is 0. The van der Waals surface area contributed by atoms with Crippen LogP contribution in [0, 0.1) is 20.4 Å². The lowest BCUT2D eigenvalue weighted by molar-refractivity contribution is 1.17. The highest BCUT2D eigenvalue weighted by Crippen LogP contribution is 2.25. The normalized spacial score (nSPS) is 8.69. The molecule has 3 nitrogen and oxygen atoms in total. The van der Waals surface area contributed by atoms with Gasteiger partial charge in [-0.05, 0) is 37.7 Å². The number of thiocarbonyl (C=S) groups is 1. The Kier molecular flexibility index (Phi) is 2.86. The summed E-state index contributed by atoms with van der Waals surface area (Å²) in [4.78, 5) is 11.2. The number of rotatable bonds is 1. The topological polar surface area (TPSA) is 29.6 Å². The molecular weight excluding hydrogens is 182 g/mol. The molecule has 64 valence electrons. The van der Waals surface area contributed by atoms with Crippen molar-refractivity contribution < 1.29 is 0 Å². The number of aryl methyl sites for hydroxylation is 2. The van der Waals surface area contributed by atoms with Crippen molar-refractivity contribution >= 4 is 28.9 Å². The predicted molar refractivity (Wildman–Crippen MR) is 54.7 cm³/mol. The molecule has 0 aromatic carbocycles. The zero-order chi connectivity index (χ0) is 9.84. The van der Waals surface area contributed by atoms with Gasteiger partial charge >= 0.3 is 0 Å². The summed E-state index contributed by atoms with van der Waals surface area (Å²) in [6, 6.07) is 1.72. The molecule has 0 aliphatic rings. The number of pyridine rings is 1. The fourth-order valence-electron chi connectivity index (χ4n) is 1.08. The van der Waals surface area contributed by atoms with Gasteiger partial charge in [-0.3, -0.25) is 0 Å². The molecule has 0 aliphatic heterocycles. The maximum absolute atomic E-state index is 6.92. The van der Waals surface area contributed by atoms with Crippen molar-refractivity contribution in [3.63, 3.8) is 0 Å². The standard InChI is InChI=1S/C9H7N3S/c1-6-4-8(11-5-13)12-7(2)9(6)10-3/h4H,1-2H3. The molecule has 0 unspecified atom stereocenters. The van der Waals surface area contributed by atoms with Crippen molar-refractivity contribution in [3.05, 3.63) is 28.7 Å². The summed E-state index contributed by atoms with van der Waals surface area (Å²) in [5, 5.41) is 2.24. The van der Waals surface area contributed by atoms with Gasteiger partial charge in [-0.15, -0.1) is 0 Å². The molecule has 0 bridgehead atoms. The molecule has 13 heavy (non-hydrogen) atoms. The van der Waals surface area contributed by atoms with Crippen molar-refractivity contribution in [1.82, 2.24) is 4.98 Å². The van der Waals surface area contributed by atoms with Crippen molar-refractivity contribution in [2.75, 3.05) is 0 Å². The van der Waals surface area contributed by atoms with Gasteiger partial charge in [0.15, 0.2) is 5.82 Å². The van der Waals surface area contributed by atoms with Gasteiger partial charge in [-0.25, -0.2) is 9.83 Å². The number of isothiocyanates is 1. The number of hydrogen-bond acceptors (Lipinski definition) is 3. The summed E-state index contributed by atoms with van der Waals surface area (Å²) in [6.07, 6.45) is 0. The van der Waals surface area contributed by atoms with Crippen LogP contribution in [-0.4, -0.2) is 10.1 Å². The first-order valence-electron chi connectivity index (χ1n) is 3.62. The molecule has 0 aliphatic carbocycles. The molecule has 0 saturated carbocycles. The highest BCUT2D eigenvalue weighted by atomic mass is 32.1. The summed E-state index contributed by atoms with van der Waals surface area (Å²) in [7, 11) is 0. The fraction of sp³-hybridized carbons (Fsp3) is 0.222. The Morgan fingerprint density at radius 2 is 2.31 bits per heavy atom. The molecule has 0 saturated heterocycles. The van der Waals surface area contributed by atoms with Gasteiger partial charge in [0.1, 0.15) is 0 Å². The fourth-order valence-corrected chi connectivity index (χ4v) is 1.17. The van der Waals surface area contributed by atoms with Crippen LogP contribution in [0.15, 0.2) is 11.1 Å². The van der Waals surface area contributed by atoms with E-state index in [1.54, 1.807) is 13.0 Å². The average molecular weight is 189 g/mol. The third-order valence-corrected chi connectivity index (χ3v) is 1.71. The van der Waals surface area contributed by atoms with Crippen LogP contribution >= 0.6 is 12.2 Å². The monoisotopic (exact) mass is 189 g/mol. The van der Waals surface area contributed by atoms with E-state index in [4.69, 9.17) is 6.57 Å². The smallest absolute Gasteiger partial charge is 0.211 e. The van der Waals surface area contributed by atoms with E-state index < -0.39 is 0 Å². The molecule has 1 aromatic heterocycles. The molecule has 4 heteroatoms. The SMILES string of the molecule is [C-]#[N+]c1c(C)cc(N=C=S)nc1C. The lowest BCUT2D eigenvalue weighted by Gasteiger charge is -2.01. The second-order valence-electron chi connectivity index (χ2n) is 2.55. The summed E-state index contributed by atoms with van der Waals surface area (Å²) >= 11 is 4.46. The molecule has 0 spiro atoms. The molecule has 1 heterocycles. The zero-order valence-corrected chi connectivity index (χ0v) is 8.14. The molecule has 0 fully saturated rings. The van der Waals surface area contributed by atoms with Crippen LogP contribution in [0.2, 0.25) is 0 Å². The van der Waals surface area contributed by atoms with Gasteiger partial charge in [0.25, 0.3) is 0 Å². The van der Waals surface area contributed by atoms with E-state index in [2.05, 4.69) is 32.2 Å². The minimum Gasteiger partial charge on any atom is -0.245 e. The Bertz CT molecular complexity index is 402. The van der Waals surface area contributed by atoms with Crippen LogP contribution in [-0.2, 0) is 0 Å². The lowest BCUT2D eigenvalue weighted by atomic mass is 10.2. The van der Waals surface area contributed by atoms with Crippen LogP contribution < -0.4 is 0 Å². The zero-order valence-electron chi connectivity index (χ0n) is 7.33. The van der Waals surface area contributed by atoms with E-state index in [9.17, 15) is 0 Å². The summed E-state index contributed by atoms with van der Waals surface area (Å²) in [5.41, 5.74) is 2.13. The van der Waals surface area contributed by atoms with Crippen LogP contribution in [0.4, 0.5) is 11.5 Å². The van der Waals surface area contributed by atoms with Gasteiger partial charge in [-0.2, -0.15) is 4.99 Å². The van der Waals surface area contributed by atoms with Gasteiger partial charge in [0, 0.05) is 5.69 Å². The molecule has 1 aromatic rings. The minimum absolute atomic E-state index is 0.511. The molecule has 0 atom stereocenters. The van der Waals surface area contributed by atoms with Crippen LogP contribution in [0.1, 0.15) is 11.3 Å². The Morgan fingerprint density at radius 3 is 2.77 bits per heavy atom. The van der Waals surface area contributed by atoms with E-state index in [0.29, 0.717) is 17.2 Å². The predicted octanol–water partition coefficient (Wildman–Crippen LogP) is 2.98. The van der Waals surface area contributed by atoms with Crippen LogP contribution in [0.5, 0.6) is 0 Å². The van der Waals surface area contributed by atoms with Crippen molar-refractivity contribution in [2.45, 2.75) is 13.8 Å². The second kappa shape index (κ2) is 3.90. The molecule has 0 amide bonds. The molecule has 1 rings (SSSR count). The summed E-state index contributed by atoms with van der Waals surface area (Å²) in [6.45, 7) is 10.5. The maximum atomic E-state index is 6.92. The Morgan fingerprint density at radius 1 is 1.62 bits per heavy atom. The number of nitrogens with zero attached hydrogens (tertiary/aromatic N) is 3. The minimum atomic E-state index is 0.511. The van der Waals surface area contributed by atoms with Crippen molar-refractivity contribution in [2.24, 2.45) is 4.99 Å². The number of aliphatic imine (C=N–C) groups is 1. The molecule has 0 N–H and O–H groups in total. The van der Waals surface area contributed by atoms with E-state index in [1.165, 1.54) is 0 Å². The second-order valence-corrected chi connectivity index (χ2v) is 2.73. The van der Waals surface area contributed by atoms with Crippen LogP contribution in [0.25, 0.3) is 4.85 Å². The largest absolute Gasteiger partial charge is 0.245 e. The first-order chi connectivity index (χ1) is 6.19. The van der Waals surface area contributed by atoms with Gasteiger partial charge in [0.05, 0.1) is 11.7 Å². The van der Waals surface area contributed by atoms with E-state index in [0.717, 1.165) is 5.56 Å². The van der Waals surface area contributed by atoms with Crippen molar-refractivity contribution in [3.8, 4) is 0 Å². The molecule has 0 radical (unpaired) electrons. The maximum Gasteiger partial charge on any atom is 0.211 e. The van der Waals surface area contributed by atoms with Crippen LogP contribution in [0.3, 0.4) is 0 Å². The van der Waals surface area contributed by atoms with E-state index in [1.807, 2.05) is 6.92 Å². The van der Waals surface area contributed by atoms with Gasteiger partial charge in [-0.1, -0.05) is 0 Å². The average Bonchev–Trinajstić information content (AvgIpc) is 2.04.